The highest BCUT2D eigenvalue weighted by Crippen LogP contribution is 2.32. The molecular weight excluding hydrogens is 400 g/mol. The summed E-state index contributed by atoms with van der Waals surface area (Å²) in [4.78, 5) is 35.3. The molecule has 0 saturated carbocycles. The second-order valence-corrected chi connectivity index (χ2v) is 7.03. The number of nitrogens with one attached hydrogen (secondary N) is 2. The molecule has 29 heavy (non-hydrogen) atoms. The lowest BCUT2D eigenvalue weighted by atomic mass is 10.0. The van der Waals surface area contributed by atoms with Crippen LogP contribution in [0.2, 0.25) is 0 Å². The van der Waals surface area contributed by atoms with E-state index in [1.165, 1.54) is 0 Å². The minimum absolute atomic E-state index is 0.284. The number of alkyl carbamates (subject to hydrolysis) is 1. The summed E-state index contributed by atoms with van der Waals surface area (Å²) in [6.45, 7) is 4.26. The molecule has 0 bridgehead atoms. The first kappa shape index (κ1) is 24.2. The maximum atomic E-state index is 13.7. The number of carbonyl (C=O) groups is 3. The van der Waals surface area contributed by atoms with Crippen LogP contribution in [-0.2, 0) is 25.2 Å². The van der Waals surface area contributed by atoms with Crippen molar-refractivity contribution in [3.8, 4) is 0 Å². The predicted molar refractivity (Wildman–Crippen MR) is 93.2 cm³/mol. The molecule has 1 atom stereocenters. The van der Waals surface area contributed by atoms with E-state index in [0.717, 1.165) is 13.2 Å². The summed E-state index contributed by atoms with van der Waals surface area (Å²) < 4.78 is 61.9. The van der Waals surface area contributed by atoms with Gasteiger partial charge in [0.2, 0.25) is 5.91 Å². The number of rotatable bonds is 6. The number of amides is 2. The monoisotopic (exact) mass is 422 g/mol. The van der Waals surface area contributed by atoms with E-state index in [-0.39, 0.29) is 5.56 Å². The number of hydrogen-bond donors (Lipinski definition) is 2. The molecule has 0 fully saturated rings. The van der Waals surface area contributed by atoms with Crippen molar-refractivity contribution in [3.63, 3.8) is 0 Å². The van der Waals surface area contributed by atoms with Crippen LogP contribution in [0.4, 0.5) is 22.4 Å². The molecular formula is C18H22F4N2O5. The van der Waals surface area contributed by atoms with Crippen molar-refractivity contribution in [1.29, 1.82) is 0 Å². The number of ether oxygens (including phenoxy) is 2. The molecule has 0 heterocycles. The molecule has 0 aliphatic carbocycles. The van der Waals surface area contributed by atoms with Crippen LogP contribution in [0.5, 0.6) is 0 Å². The number of esters is 1. The Bertz CT molecular complexity index is 760. The van der Waals surface area contributed by atoms with Gasteiger partial charge in [0, 0.05) is 0 Å². The lowest BCUT2D eigenvalue weighted by Gasteiger charge is -2.21. The van der Waals surface area contributed by atoms with Gasteiger partial charge in [-0.2, -0.15) is 13.2 Å². The van der Waals surface area contributed by atoms with Crippen LogP contribution in [0.25, 0.3) is 0 Å². The van der Waals surface area contributed by atoms with Gasteiger partial charge in [-0.05, 0) is 44.5 Å². The standard InChI is InChI=1S/C18H22F4N2O5/c1-17(2,3)29-16(27)23-9-14(25)24-13(8-15(26)28-4)10-5-11(18(20,21)22)7-12(19)6-10/h5-7,13H,8-9H2,1-4H3,(H,23,27)(H,24,25)/t13-/m0/s1. The van der Waals surface area contributed by atoms with Gasteiger partial charge in [-0.3, -0.25) is 9.59 Å². The van der Waals surface area contributed by atoms with E-state index < -0.39 is 60.1 Å². The van der Waals surface area contributed by atoms with E-state index in [1.807, 2.05) is 0 Å². The van der Waals surface area contributed by atoms with Gasteiger partial charge in [-0.25, -0.2) is 9.18 Å². The molecule has 1 aromatic carbocycles. The van der Waals surface area contributed by atoms with Gasteiger partial charge in [0.25, 0.3) is 0 Å². The minimum atomic E-state index is -4.82. The minimum Gasteiger partial charge on any atom is -0.469 e. The fourth-order valence-corrected chi connectivity index (χ4v) is 2.19. The zero-order chi connectivity index (χ0) is 22.4. The average Bonchev–Trinajstić information content (AvgIpc) is 2.56. The smallest absolute Gasteiger partial charge is 0.416 e. The lowest BCUT2D eigenvalue weighted by molar-refractivity contribution is -0.141. The lowest BCUT2D eigenvalue weighted by Crippen LogP contribution is -2.41. The summed E-state index contributed by atoms with van der Waals surface area (Å²) in [6.07, 6.45) is -6.26. The van der Waals surface area contributed by atoms with Crippen LogP contribution in [0, 0.1) is 5.82 Å². The molecule has 0 unspecified atom stereocenters. The van der Waals surface area contributed by atoms with Crippen LogP contribution in [0.3, 0.4) is 0 Å². The molecule has 0 aromatic heterocycles. The van der Waals surface area contributed by atoms with E-state index in [9.17, 15) is 31.9 Å². The second kappa shape index (κ2) is 9.57. The highest BCUT2D eigenvalue weighted by molar-refractivity contribution is 5.83. The van der Waals surface area contributed by atoms with Crippen molar-refractivity contribution in [2.45, 2.75) is 45.0 Å². The topological polar surface area (TPSA) is 93.7 Å². The first-order valence-corrected chi connectivity index (χ1v) is 8.42. The zero-order valence-corrected chi connectivity index (χ0v) is 16.3. The third-order valence-electron chi connectivity index (χ3n) is 3.38. The van der Waals surface area contributed by atoms with Crippen LogP contribution >= 0.6 is 0 Å². The number of alkyl halides is 3. The van der Waals surface area contributed by atoms with Gasteiger partial charge in [0.15, 0.2) is 0 Å². The first-order chi connectivity index (χ1) is 13.2. The molecule has 0 radical (unpaired) electrons. The van der Waals surface area contributed by atoms with E-state index >= 15 is 0 Å². The Balaban J connectivity index is 2.97. The first-order valence-electron chi connectivity index (χ1n) is 8.42. The van der Waals surface area contributed by atoms with Crippen molar-refractivity contribution in [2.24, 2.45) is 0 Å². The van der Waals surface area contributed by atoms with Gasteiger partial charge in [0.05, 0.1) is 25.1 Å². The fraction of sp³-hybridized carbons (Fsp3) is 0.500. The average molecular weight is 422 g/mol. The second-order valence-electron chi connectivity index (χ2n) is 7.03. The van der Waals surface area contributed by atoms with Gasteiger partial charge in [-0.15, -0.1) is 0 Å². The van der Waals surface area contributed by atoms with Crippen molar-refractivity contribution < 1.29 is 41.4 Å². The van der Waals surface area contributed by atoms with Crippen molar-refractivity contribution >= 4 is 18.0 Å². The fourth-order valence-electron chi connectivity index (χ4n) is 2.19. The molecule has 2 N–H and O–H groups in total. The van der Waals surface area contributed by atoms with Crippen LogP contribution < -0.4 is 10.6 Å². The Labute approximate surface area is 164 Å². The molecule has 1 aromatic rings. The molecule has 11 heteroatoms. The molecule has 7 nitrogen and oxygen atoms in total. The highest BCUT2D eigenvalue weighted by atomic mass is 19.4. The van der Waals surface area contributed by atoms with Crippen LogP contribution in [-0.4, -0.2) is 37.2 Å². The van der Waals surface area contributed by atoms with Gasteiger partial charge < -0.3 is 20.1 Å². The van der Waals surface area contributed by atoms with E-state index in [2.05, 4.69) is 15.4 Å². The number of benzene rings is 1. The summed E-state index contributed by atoms with van der Waals surface area (Å²) in [5.74, 6) is -2.86. The number of carbonyl (C=O) groups excluding carboxylic acids is 3. The predicted octanol–water partition coefficient (Wildman–Crippen LogP) is 3.09. The Morgan fingerprint density at radius 1 is 1.10 bits per heavy atom. The van der Waals surface area contributed by atoms with Gasteiger partial charge in [0.1, 0.15) is 18.0 Å². The van der Waals surface area contributed by atoms with Crippen molar-refractivity contribution in [1.82, 2.24) is 10.6 Å². The molecule has 162 valence electrons. The molecule has 2 amide bonds. The highest BCUT2D eigenvalue weighted by Gasteiger charge is 2.32. The maximum Gasteiger partial charge on any atom is 0.416 e. The third kappa shape index (κ3) is 8.79. The Kier molecular flexibility index (Phi) is 7.98. The van der Waals surface area contributed by atoms with Crippen LogP contribution in [0.15, 0.2) is 18.2 Å². The third-order valence-corrected chi connectivity index (χ3v) is 3.38. The summed E-state index contributed by atoms with van der Waals surface area (Å²) in [5.41, 5.74) is -2.36. The molecule has 0 saturated heterocycles. The largest absolute Gasteiger partial charge is 0.469 e. The number of hydrogen-bond acceptors (Lipinski definition) is 5. The number of methoxy groups -OCH3 is 1. The summed E-state index contributed by atoms with van der Waals surface area (Å²) in [5, 5.41) is 4.45. The Morgan fingerprint density at radius 3 is 2.24 bits per heavy atom. The molecule has 1 rings (SSSR count). The summed E-state index contributed by atoms with van der Waals surface area (Å²) in [7, 11) is 1.05. The zero-order valence-electron chi connectivity index (χ0n) is 16.3. The molecule has 0 spiro atoms. The normalized spacial score (nSPS) is 12.7. The summed E-state index contributed by atoms with van der Waals surface area (Å²) >= 11 is 0. The Morgan fingerprint density at radius 2 is 1.72 bits per heavy atom. The van der Waals surface area contributed by atoms with E-state index in [0.29, 0.717) is 12.1 Å². The van der Waals surface area contributed by atoms with Gasteiger partial charge in [-0.1, -0.05) is 0 Å². The Hall–Kier alpha value is -2.85. The van der Waals surface area contributed by atoms with Gasteiger partial charge >= 0.3 is 18.2 Å². The van der Waals surface area contributed by atoms with Crippen molar-refractivity contribution in [3.05, 3.63) is 35.1 Å². The maximum absolute atomic E-state index is 13.7. The molecule has 0 aliphatic heterocycles. The number of halogens is 4. The molecule has 0 aliphatic rings. The summed E-state index contributed by atoms with van der Waals surface area (Å²) in [6, 6.07) is 0.375. The SMILES string of the molecule is COC(=O)C[C@H](NC(=O)CNC(=O)OC(C)(C)C)c1cc(F)cc(C(F)(F)F)c1. The van der Waals surface area contributed by atoms with Crippen molar-refractivity contribution in [2.75, 3.05) is 13.7 Å². The van der Waals surface area contributed by atoms with Crippen LogP contribution in [0.1, 0.15) is 44.4 Å². The quantitative estimate of drug-likeness (QED) is 0.543. The van der Waals surface area contributed by atoms with E-state index in [1.54, 1.807) is 20.8 Å². The van der Waals surface area contributed by atoms with E-state index in [4.69, 9.17) is 4.74 Å².